The fourth-order valence-electron chi connectivity index (χ4n) is 1.04. The zero-order valence-corrected chi connectivity index (χ0v) is 7.78. The lowest BCUT2D eigenvalue weighted by Crippen LogP contribution is -2.08. The maximum Gasteiger partial charge on any atom is 0.146 e. The smallest absolute Gasteiger partial charge is 0.146 e. The summed E-state index contributed by atoms with van der Waals surface area (Å²) in [6.07, 6.45) is 1.94. The Labute approximate surface area is 72.4 Å². The first-order valence-electron chi connectivity index (χ1n) is 3.97. The number of imidazole rings is 1. The fraction of sp³-hybridized carbons (Fsp3) is 0.625. The predicted octanol–water partition coefficient (Wildman–Crippen LogP) is 0.250. The maximum atomic E-state index is 8.73. The van der Waals surface area contributed by atoms with E-state index in [9.17, 15) is 0 Å². The van der Waals surface area contributed by atoms with Crippen molar-refractivity contribution in [1.82, 2.24) is 9.55 Å². The Morgan fingerprint density at radius 3 is 2.67 bits per heavy atom. The van der Waals surface area contributed by atoms with Crippen LogP contribution in [0.3, 0.4) is 0 Å². The lowest BCUT2D eigenvalue weighted by Gasteiger charge is -2.05. The molecule has 1 rings (SSSR count). The van der Waals surface area contributed by atoms with Crippen molar-refractivity contribution in [3.05, 3.63) is 12.0 Å². The van der Waals surface area contributed by atoms with Gasteiger partial charge in [-0.3, -0.25) is 0 Å². The molecular formula is C8H15N3O. The van der Waals surface area contributed by atoms with Crippen LogP contribution in [0.5, 0.6) is 0 Å². The third-order valence-electron chi connectivity index (χ3n) is 1.76. The summed E-state index contributed by atoms with van der Waals surface area (Å²) in [5.41, 5.74) is 0. The molecule has 0 aromatic carbocycles. The van der Waals surface area contributed by atoms with Crippen molar-refractivity contribution in [3.63, 3.8) is 0 Å². The highest BCUT2D eigenvalue weighted by atomic mass is 16.3. The van der Waals surface area contributed by atoms with Crippen LogP contribution < -0.4 is 4.90 Å². The van der Waals surface area contributed by atoms with Crippen molar-refractivity contribution in [2.45, 2.75) is 13.5 Å². The van der Waals surface area contributed by atoms with Gasteiger partial charge in [0.1, 0.15) is 11.6 Å². The molecule has 1 N–H and O–H groups in total. The normalized spacial score (nSPS) is 10.3. The van der Waals surface area contributed by atoms with Gasteiger partial charge in [-0.2, -0.15) is 0 Å². The minimum absolute atomic E-state index is 0.157. The first-order valence-corrected chi connectivity index (χ1v) is 3.97. The van der Waals surface area contributed by atoms with Gasteiger partial charge in [0.15, 0.2) is 0 Å². The van der Waals surface area contributed by atoms with Crippen LogP contribution in [-0.2, 0) is 6.54 Å². The van der Waals surface area contributed by atoms with Gasteiger partial charge in [0, 0.05) is 26.8 Å². The Hall–Kier alpha value is -1.03. The van der Waals surface area contributed by atoms with Gasteiger partial charge in [0.05, 0.1) is 6.61 Å². The van der Waals surface area contributed by atoms with Gasteiger partial charge in [-0.05, 0) is 6.92 Å². The monoisotopic (exact) mass is 169 g/mol. The van der Waals surface area contributed by atoms with Gasteiger partial charge in [0.2, 0.25) is 0 Å². The molecule has 0 unspecified atom stereocenters. The van der Waals surface area contributed by atoms with E-state index in [4.69, 9.17) is 5.11 Å². The van der Waals surface area contributed by atoms with Crippen molar-refractivity contribution in [2.24, 2.45) is 0 Å². The van der Waals surface area contributed by atoms with Gasteiger partial charge < -0.3 is 14.6 Å². The highest BCUT2D eigenvalue weighted by Crippen LogP contribution is 2.09. The molecule has 4 nitrogen and oxygen atoms in total. The molecule has 0 amide bonds. The van der Waals surface area contributed by atoms with Gasteiger partial charge in [0.25, 0.3) is 0 Å². The fourth-order valence-corrected chi connectivity index (χ4v) is 1.04. The van der Waals surface area contributed by atoms with Crippen molar-refractivity contribution >= 4 is 5.82 Å². The van der Waals surface area contributed by atoms with Crippen LogP contribution in [0.15, 0.2) is 6.20 Å². The van der Waals surface area contributed by atoms with Crippen LogP contribution in [-0.4, -0.2) is 35.4 Å². The second kappa shape index (κ2) is 3.58. The van der Waals surface area contributed by atoms with Crippen molar-refractivity contribution in [2.75, 3.05) is 25.6 Å². The summed E-state index contributed by atoms with van der Waals surface area (Å²) in [6.45, 7) is 2.71. The Kier molecular flexibility index (Phi) is 2.70. The molecule has 0 fully saturated rings. The van der Waals surface area contributed by atoms with Gasteiger partial charge in [-0.1, -0.05) is 0 Å². The molecule has 1 aromatic rings. The summed E-state index contributed by atoms with van der Waals surface area (Å²) in [6, 6.07) is 0. The molecule has 0 atom stereocenters. The quantitative estimate of drug-likeness (QED) is 0.705. The van der Waals surface area contributed by atoms with E-state index >= 15 is 0 Å². The zero-order chi connectivity index (χ0) is 9.14. The van der Waals surface area contributed by atoms with E-state index in [2.05, 4.69) is 4.98 Å². The lowest BCUT2D eigenvalue weighted by atomic mass is 10.6. The molecule has 0 spiro atoms. The zero-order valence-electron chi connectivity index (χ0n) is 7.78. The molecule has 0 aliphatic heterocycles. The average Bonchev–Trinajstić information content (AvgIpc) is 2.34. The molecule has 0 bridgehead atoms. The van der Waals surface area contributed by atoms with Crippen LogP contribution in [0.1, 0.15) is 5.82 Å². The van der Waals surface area contributed by atoms with Crippen LogP contribution in [0.2, 0.25) is 0 Å². The minimum atomic E-state index is 0.157. The van der Waals surface area contributed by atoms with Crippen molar-refractivity contribution in [1.29, 1.82) is 0 Å². The van der Waals surface area contributed by atoms with Gasteiger partial charge >= 0.3 is 0 Å². The SMILES string of the molecule is Cc1nc(N(C)C)cn1CCO. The third-order valence-corrected chi connectivity index (χ3v) is 1.76. The molecule has 0 aliphatic carbocycles. The average molecular weight is 169 g/mol. The van der Waals surface area contributed by atoms with Gasteiger partial charge in [-0.25, -0.2) is 4.98 Å². The number of aliphatic hydroxyl groups is 1. The first kappa shape index (κ1) is 9.06. The number of hydrogen-bond acceptors (Lipinski definition) is 3. The van der Waals surface area contributed by atoms with E-state index in [1.54, 1.807) is 0 Å². The number of rotatable bonds is 3. The Bertz CT molecular complexity index is 255. The summed E-state index contributed by atoms with van der Waals surface area (Å²) >= 11 is 0. The van der Waals surface area contributed by atoms with E-state index in [1.165, 1.54) is 0 Å². The maximum absolute atomic E-state index is 8.73. The summed E-state index contributed by atoms with van der Waals surface area (Å²) in [5, 5.41) is 8.73. The molecular weight excluding hydrogens is 154 g/mol. The highest BCUT2D eigenvalue weighted by Gasteiger charge is 2.03. The summed E-state index contributed by atoms with van der Waals surface area (Å²) < 4.78 is 1.94. The van der Waals surface area contributed by atoms with Crippen LogP contribution in [0.4, 0.5) is 5.82 Å². The number of aromatic nitrogens is 2. The molecule has 0 saturated carbocycles. The number of anilines is 1. The first-order chi connectivity index (χ1) is 5.65. The van der Waals surface area contributed by atoms with E-state index in [0.717, 1.165) is 11.6 Å². The molecule has 1 aromatic heterocycles. The molecule has 1 heterocycles. The van der Waals surface area contributed by atoms with Crippen LogP contribution in [0, 0.1) is 6.92 Å². The highest BCUT2D eigenvalue weighted by molar-refractivity contribution is 5.34. The second-order valence-corrected chi connectivity index (χ2v) is 2.96. The van der Waals surface area contributed by atoms with E-state index < -0.39 is 0 Å². The number of aliphatic hydroxyl groups excluding tert-OH is 1. The molecule has 12 heavy (non-hydrogen) atoms. The number of hydrogen-bond donors (Lipinski definition) is 1. The van der Waals surface area contributed by atoms with E-state index in [0.29, 0.717) is 6.54 Å². The van der Waals surface area contributed by atoms with Crippen LogP contribution in [0.25, 0.3) is 0 Å². The Balaban J connectivity index is 2.85. The van der Waals surface area contributed by atoms with Gasteiger partial charge in [-0.15, -0.1) is 0 Å². The molecule has 0 radical (unpaired) electrons. The number of aryl methyl sites for hydroxylation is 1. The predicted molar refractivity (Wildman–Crippen MR) is 48.4 cm³/mol. The van der Waals surface area contributed by atoms with E-state index in [-0.39, 0.29) is 6.61 Å². The Morgan fingerprint density at radius 2 is 2.25 bits per heavy atom. The van der Waals surface area contributed by atoms with Crippen molar-refractivity contribution in [3.8, 4) is 0 Å². The lowest BCUT2D eigenvalue weighted by molar-refractivity contribution is 0.275. The van der Waals surface area contributed by atoms with E-state index in [1.807, 2.05) is 36.7 Å². The Morgan fingerprint density at radius 1 is 1.58 bits per heavy atom. The van der Waals surface area contributed by atoms with Crippen LogP contribution >= 0.6 is 0 Å². The molecule has 0 saturated heterocycles. The summed E-state index contributed by atoms with van der Waals surface area (Å²) in [7, 11) is 3.90. The summed E-state index contributed by atoms with van der Waals surface area (Å²) in [4.78, 5) is 6.25. The second-order valence-electron chi connectivity index (χ2n) is 2.96. The largest absolute Gasteiger partial charge is 0.395 e. The molecule has 68 valence electrons. The minimum Gasteiger partial charge on any atom is -0.395 e. The number of nitrogens with zero attached hydrogens (tertiary/aromatic N) is 3. The standard InChI is InChI=1S/C8H15N3O/c1-7-9-8(10(2)3)6-11(7)4-5-12/h6,12H,4-5H2,1-3H3. The molecule has 0 aliphatic rings. The summed E-state index contributed by atoms with van der Waals surface area (Å²) in [5.74, 6) is 1.87. The van der Waals surface area contributed by atoms with Crippen molar-refractivity contribution < 1.29 is 5.11 Å². The third kappa shape index (κ3) is 1.76. The molecule has 4 heteroatoms. The topological polar surface area (TPSA) is 41.3 Å².